The van der Waals surface area contributed by atoms with E-state index < -0.39 is 11.7 Å². The Bertz CT molecular complexity index is 1050. The van der Waals surface area contributed by atoms with Gasteiger partial charge in [-0.15, -0.1) is 0 Å². The van der Waals surface area contributed by atoms with Crippen LogP contribution >= 0.6 is 11.3 Å². The van der Waals surface area contributed by atoms with Gasteiger partial charge in [-0.1, -0.05) is 23.5 Å². The third-order valence-electron chi connectivity index (χ3n) is 4.95. The van der Waals surface area contributed by atoms with E-state index in [4.69, 9.17) is 4.74 Å². The Balaban J connectivity index is 1.35. The SMILES string of the molecule is COc1ncnc2sc(NC(=O)N3CCC(Cc4ccc(C(F)(F)F)cc4)C3)nc12. The third kappa shape index (κ3) is 4.30. The Morgan fingerprint density at radius 2 is 2.07 bits per heavy atom. The summed E-state index contributed by atoms with van der Waals surface area (Å²) in [6.45, 7) is 1.10. The summed E-state index contributed by atoms with van der Waals surface area (Å²) in [5.74, 6) is 0.531. The molecule has 1 N–H and O–H groups in total. The number of hydrogen-bond donors (Lipinski definition) is 1. The number of ether oxygens (including phenoxy) is 1. The predicted molar refractivity (Wildman–Crippen MR) is 106 cm³/mol. The predicted octanol–water partition coefficient (Wildman–Crippen LogP) is 4.21. The molecule has 1 unspecified atom stereocenters. The fourth-order valence-corrected chi connectivity index (χ4v) is 4.24. The number of hydrogen-bond acceptors (Lipinski definition) is 6. The Morgan fingerprint density at radius 1 is 1.30 bits per heavy atom. The molecule has 0 bridgehead atoms. The highest BCUT2D eigenvalue weighted by Gasteiger charge is 2.31. The molecule has 0 saturated carbocycles. The largest absolute Gasteiger partial charge is 0.479 e. The molecule has 11 heteroatoms. The van der Waals surface area contributed by atoms with Gasteiger partial charge in [-0.3, -0.25) is 5.32 Å². The number of carbonyl (C=O) groups excluding carboxylic acids is 1. The van der Waals surface area contributed by atoms with Crippen molar-refractivity contribution in [2.45, 2.75) is 19.0 Å². The van der Waals surface area contributed by atoms with E-state index in [0.717, 1.165) is 24.1 Å². The summed E-state index contributed by atoms with van der Waals surface area (Å²) in [5, 5.41) is 3.18. The minimum absolute atomic E-state index is 0.189. The fourth-order valence-electron chi connectivity index (χ4n) is 3.45. The van der Waals surface area contributed by atoms with E-state index in [2.05, 4.69) is 20.3 Å². The Morgan fingerprint density at radius 3 is 2.77 bits per heavy atom. The molecule has 4 rings (SSSR count). The van der Waals surface area contributed by atoms with Crippen LogP contribution in [0.25, 0.3) is 10.3 Å². The van der Waals surface area contributed by atoms with E-state index in [1.807, 2.05) is 0 Å². The smallest absolute Gasteiger partial charge is 0.416 e. The van der Waals surface area contributed by atoms with Gasteiger partial charge < -0.3 is 9.64 Å². The van der Waals surface area contributed by atoms with Gasteiger partial charge in [0, 0.05) is 13.1 Å². The lowest BCUT2D eigenvalue weighted by Gasteiger charge is -2.16. The molecule has 2 aromatic heterocycles. The first-order valence-corrected chi connectivity index (χ1v) is 10.0. The number of halogens is 3. The van der Waals surface area contributed by atoms with Gasteiger partial charge in [0.15, 0.2) is 15.5 Å². The number of likely N-dealkylation sites (tertiary alicyclic amines) is 1. The molecule has 30 heavy (non-hydrogen) atoms. The fraction of sp³-hybridized carbons (Fsp3) is 0.368. The van der Waals surface area contributed by atoms with Crippen LogP contribution in [0.3, 0.4) is 0 Å². The van der Waals surface area contributed by atoms with E-state index in [1.165, 1.54) is 36.9 Å². The number of anilines is 1. The average molecular weight is 437 g/mol. The molecule has 2 amide bonds. The number of rotatable bonds is 4. The van der Waals surface area contributed by atoms with Crippen LogP contribution in [0.15, 0.2) is 30.6 Å². The van der Waals surface area contributed by atoms with Crippen LogP contribution in [0.4, 0.5) is 23.1 Å². The number of amides is 2. The number of thiazole rings is 1. The maximum atomic E-state index is 12.7. The van der Waals surface area contributed by atoms with Crippen molar-refractivity contribution in [1.82, 2.24) is 19.9 Å². The summed E-state index contributed by atoms with van der Waals surface area (Å²) in [6, 6.07) is 4.93. The molecule has 1 aliphatic heterocycles. The van der Waals surface area contributed by atoms with Crippen LogP contribution < -0.4 is 10.1 Å². The number of urea groups is 1. The molecule has 1 saturated heterocycles. The van der Waals surface area contributed by atoms with Gasteiger partial charge in [0.05, 0.1) is 12.7 Å². The van der Waals surface area contributed by atoms with E-state index in [9.17, 15) is 18.0 Å². The van der Waals surface area contributed by atoms with Gasteiger partial charge in [-0.2, -0.15) is 18.2 Å². The van der Waals surface area contributed by atoms with Crippen molar-refractivity contribution >= 4 is 32.8 Å². The number of benzene rings is 1. The monoisotopic (exact) mass is 437 g/mol. The van der Waals surface area contributed by atoms with Crippen molar-refractivity contribution in [3.63, 3.8) is 0 Å². The molecule has 0 aliphatic carbocycles. The Hall–Kier alpha value is -2.95. The maximum Gasteiger partial charge on any atom is 0.416 e. The topological polar surface area (TPSA) is 80.2 Å². The van der Waals surface area contributed by atoms with Crippen LogP contribution in [-0.4, -0.2) is 46.1 Å². The van der Waals surface area contributed by atoms with E-state index in [0.29, 0.717) is 40.9 Å². The lowest BCUT2D eigenvalue weighted by Crippen LogP contribution is -2.33. The lowest BCUT2D eigenvalue weighted by atomic mass is 9.98. The second-order valence-electron chi connectivity index (χ2n) is 6.99. The number of aromatic nitrogens is 3. The quantitative estimate of drug-likeness (QED) is 0.661. The van der Waals surface area contributed by atoms with E-state index in [-0.39, 0.29) is 11.9 Å². The molecule has 3 heterocycles. The highest BCUT2D eigenvalue weighted by molar-refractivity contribution is 7.22. The summed E-state index contributed by atoms with van der Waals surface area (Å²) < 4.78 is 43.2. The van der Waals surface area contributed by atoms with Crippen molar-refractivity contribution in [2.24, 2.45) is 5.92 Å². The van der Waals surface area contributed by atoms with E-state index >= 15 is 0 Å². The molecule has 0 spiro atoms. The summed E-state index contributed by atoms with van der Waals surface area (Å²) >= 11 is 1.23. The van der Waals surface area contributed by atoms with Crippen molar-refractivity contribution in [2.75, 3.05) is 25.5 Å². The molecule has 158 valence electrons. The minimum atomic E-state index is -4.34. The average Bonchev–Trinajstić information content (AvgIpc) is 3.34. The van der Waals surface area contributed by atoms with Crippen LogP contribution in [0.1, 0.15) is 17.5 Å². The minimum Gasteiger partial charge on any atom is -0.479 e. The number of carbonyl (C=O) groups is 1. The van der Waals surface area contributed by atoms with Crippen molar-refractivity contribution in [3.05, 3.63) is 41.7 Å². The standard InChI is InChI=1S/C19H18F3N5O2S/c1-29-15-14-16(24-10-23-15)30-17(25-14)26-18(28)27-7-6-12(9-27)8-11-2-4-13(5-3-11)19(20,21)22/h2-5,10,12H,6-9H2,1H3,(H,25,26,28). The normalized spacial score (nSPS) is 16.8. The van der Waals surface area contributed by atoms with Gasteiger partial charge in [-0.05, 0) is 36.5 Å². The number of fused-ring (bicyclic) bond motifs is 1. The number of nitrogens with zero attached hydrogens (tertiary/aromatic N) is 4. The molecular weight excluding hydrogens is 419 g/mol. The summed E-state index contributed by atoms with van der Waals surface area (Å²) in [6.07, 6.45) is -1.56. The molecule has 7 nitrogen and oxygen atoms in total. The molecule has 1 aromatic carbocycles. The second-order valence-corrected chi connectivity index (χ2v) is 7.96. The zero-order valence-corrected chi connectivity index (χ0v) is 16.8. The first kappa shape index (κ1) is 20.3. The summed E-state index contributed by atoms with van der Waals surface area (Å²) in [4.78, 5) is 27.3. The first-order valence-electron chi connectivity index (χ1n) is 9.21. The first-order chi connectivity index (χ1) is 14.3. The molecule has 1 aliphatic rings. The highest BCUT2D eigenvalue weighted by Crippen LogP contribution is 2.31. The highest BCUT2D eigenvalue weighted by atomic mass is 32.1. The number of alkyl halides is 3. The molecule has 1 fully saturated rings. The van der Waals surface area contributed by atoms with Crippen molar-refractivity contribution in [3.8, 4) is 5.88 Å². The van der Waals surface area contributed by atoms with Gasteiger partial charge in [-0.25, -0.2) is 14.8 Å². The molecule has 3 aromatic rings. The Kier molecular flexibility index (Phi) is 5.46. The maximum absolute atomic E-state index is 12.7. The second kappa shape index (κ2) is 8.05. The molecular formula is C19H18F3N5O2S. The van der Waals surface area contributed by atoms with Crippen LogP contribution in [-0.2, 0) is 12.6 Å². The summed E-state index contributed by atoms with van der Waals surface area (Å²) in [7, 11) is 1.49. The third-order valence-corrected chi connectivity index (χ3v) is 5.83. The number of nitrogens with one attached hydrogen (secondary N) is 1. The van der Waals surface area contributed by atoms with Gasteiger partial charge in [0.2, 0.25) is 5.88 Å². The number of methoxy groups -OCH3 is 1. The zero-order chi connectivity index (χ0) is 21.3. The van der Waals surface area contributed by atoms with Crippen LogP contribution in [0, 0.1) is 5.92 Å². The summed E-state index contributed by atoms with van der Waals surface area (Å²) in [5.41, 5.74) is 0.657. The molecule has 0 radical (unpaired) electrons. The van der Waals surface area contributed by atoms with Gasteiger partial charge >= 0.3 is 12.2 Å². The van der Waals surface area contributed by atoms with Gasteiger partial charge in [0.1, 0.15) is 6.33 Å². The van der Waals surface area contributed by atoms with Gasteiger partial charge in [0.25, 0.3) is 0 Å². The van der Waals surface area contributed by atoms with Crippen molar-refractivity contribution < 1.29 is 22.7 Å². The van der Waals surface area contributed by atoms with Crippen molar-refractivity contribution in [1.29, 1.82) is 0 Å². The molecule has 1 atom stereocenters. The lowest BCUT2D eigenvalue weighted by molar-refractivity contribution is -0.137. The van der Waals surface area contributed by atoms with Crippen LogP contribution in [0.5, 0.6) is 5.88 Å². The van der Waals surface area contributed by atoms with Crippen LogP contribution in [0.2, 0.25) is 0 Å². The van der Waals surface area contributed by atoms with E-state index in [1.54, 1.807) is 4.90 Å². The zero-order valence-electron chi connectivity index (χ0n) is 15.9. The Labute approximate surface area is 173 Å².